The second-order valence-corrected chi connectivity index (χ2v) is 10.4. The highest BCUT2D eigenvalue weighted by atomic mass is 32.2. The monoisotopic (exact) mass is 534 g/mol. The molecule has 1 amide bonds. The van der Waals surface area contributed by atoms with Crippen LogP contribution in [0.4, 0.5) is 5.95 Å². The highest BCUT2D eigenvalue weighted by molar-refractivity contribution is 7.89. The Bertz CT molecular complexity index is 1270. The molecule has 0 fully saturated rings. The number of nitrogens with zero attached hydrogens (tertiary/aromatic N) is 2. The Balaban J connectivity index is 1.51. The van der Waals surface area contributed by atoms with E-state index in [2.05, 4.69) is 30.5 Å². The van der Waals surface area contributed by atoms with Crippen molar-refractivity contribution in [3.63, 3.8) is 0 Å². The molecule has 1 unspecified atom stereocenters. The maximum Gasteiger partial charge on any atom is 0.323 e. The van der Waals surface area contributed by atoms with Crippen molar-refractivity contribution in [1.29, 1.82) is 0 Å². The molecule has 0 radical (unpaired) electrons. The topological polar surface area (TPSA) is 192 Å². The number of unbranched alkanes of at least 4 members (excludes halogenated alkanes) is 1. The summed E-state index contributed by atoms with van der Waals surface area (Å²) >= 11 is 0. The summed E-state index contributed by atoms with van der Waals surface area (Å²) < 4.78 is 27.9. The molecule has 3 rings (SSSR count). The number of rotatable bonds is 13. The number of carbonyl (C=O) groups excluding carboxylic acids is 2. The highest BCUT2D eigenvalue weighted by Crippen LogP contribution is 2.22. The van der Waals surface area contributed by atoms with Crippen LogP contribution in [0, 0.1) is 20.8 Å². The van der Waals surface area contributed by atoms with E-state index in [1.54, 1.807) is 38.4 Å². The van der Waals surface area contributed by atoms with Gasteiger partial charge in [-0.3, -0.25) is 14.4 Å². The Morgan fingerprint density at radius 1 is 1.19 bits per heavy atom. The largest absolute Gasteiger partial charge is 0.480 e. The average molecular weight is 535 g/mol. The lowest BCUT2D eigenvalue weighted by atomic mass is 10.0. The lowest BCUT2D eigenvalue weighted by Gasteiger charge is -2.18. The number of benzene rings is 1. The molecule has 13 nitrogen and oxygen atoms in total. The van der Waals surface area contributed by atoms with E-state index in [4.69, 9.17) is 4.84 Å². The zero-order valence-corrected chi connectivity index (χ0v) is 21.5. The van der Waals surface area contributed by atoms with Crippen LogP contribution >= 0.6 is 0 Å². The van der Waals surface area contributed by atoms with Crippen LogP contribution < -0.4 is 15.4 Å². The molecule has 1 aromatic heterocycles. The minimum atomic E-state index is -4.21. The van der Waals surface area contributed by atoms with Crippen molar-refractivity contribution >= 4 is 39.3 Å². The second-order valence-electron chi connectivity index (χ2n) is 8.71. The third-order valence-electron chi connectivity index (χ3n) is 5.63. The molecule has 1 aliphatic rings. The Labute approximate surface area is 214 Å². The minimum Gasteiger partial charge on any atom is -0.480 e. The molecule has 2 aromatic rings. The molecule has 0 aliphatic carbocycles. The van der Waals surface area contributed by atoms with Crippen LogP contribution in [-0.2, 0) is 29.2 Å². The Hall–Kier alpha value is -3.78. The Kier molecular flexibility index (Phi) is 8.99. The molecular weight excluding hydrogens is 504 g/mol. The summed E-state index contributed by atoms with van der Waals surface area (Å²) in [6.07, 6.45) is 4.08. The first kappa shape index (κ1) is 27.8. The molecule has 1 aliphatic heterocycles. The number of hydrogen-bond acceptors (Lipinski definition) is 9. The first-order valence-electron chi connectivity index (χ1n) is 11.6. The van der Waals surface area contributed by atoms with E-state index >= 15 is 0 Å². The fourth-order valence-corrected chi connectivity index (χ4v) is 5.66. The number of Topliss-reactive ketones (excluding diaryl/α,β-unsaturated/α-hetero) is 1. The minimum absolute atomic E-state index is 0.0263. The van der Waals surface area contributed by atoms with Crippen molar-refractivity contribution in [2.45, 2.75) is 57.1 Å². The third-order valence-corrected chi connectivity index (χ3v) is 7.41. The molecule has 0 bridgehead atoms. The second kappa shape index (κ2) is 12.0. The predicted molar refractivity (Wildman–Crippen MR) is 134 cm³/mol. The van der Waals surface area contributed by atoms with Crippen LogP contribution in [0.5, 0.6) is 0 Å². The van der Waals surface area contributed by atoms with Crippen molar-refractivity contribution in [3.8, 4) is 0 Å². The van der Waals surface area contributed by atoms with Crippen LogP contribution in [0.3, 0.4) is 0 Å². The number of aromatic nitrogens is 2. The highest BCUT2D eigenvalue weighted by Gasteiger charge is 2.36. The van der Waals surface area contributed by atoms with Crippen LogP contribution in [0.15, 0.2) is 34.6 Å². The van der Waals surface area contributed by atoms with Crippen LogP contribution in [0.1, 0.15) is 36.0 Å². The number of H-pyrrole nitrogens is 1. The first-order chi connectivity index (χ1) is 17.5. The summed E-state index contributed by atoms with van der Waals surface area (Å²) in [6.45, 7) is 5.06. The molecule has 2 atom stereocenters. The van der Waals surface area contributed by atoms with E-state index in [1.807, 2.05) is 6.92 Å². The van der Waals surface area contributed by atoms with Crippen LogP contribution in [0.25, 0.3) is 0 Å². The quantitative estimate of drug-likeness (QED) is 0.231. The molecule has 14 heteroatoms. The number of imidazole rings is 1. The van der Waals surface area contributed by atoms with Gasteiger partial charge in [-0.15, -0.1) is 0 Å². The number of amides is 1. The average Bonchev–Trinajstić information content (AvgIpc) is 3.45. The molecule has 0 spiro atoms. The van der Waals surface area contributed by atoms with E-state index in [1.165, 1.54) is 0 Å². The summed E-state index contributed by atoms with van der Waals surface area (Å²) in [6, 6.07) is 1.67. The summed E-state index contributed by atoms with van der Waals surface area (Å²) in [5.41, 5.74) is 1.30. The normalized spacial score (nSPS) is 16.1. The third kappa shape index (κ3) is 7.13. The predicted octanol–water partition coefficient (Wildman–Crippen LogP) is 0.789. The number of oxime groups is 1. The summed E-state index contributed by atoms with van der Waals surface area (Å²) in [5.74, 6) is -2.42. The number of nitrogens with one attached hydrogen (secondary N) is 4. The maximum absolute atomic E-state index is 12.9. The van der Waals surface area contributed by atoms with Crippen molar-refractivity contribution in [3.05, 3.63) is 41.2 Å². The molecular formula is C23H30N6O7S. The van der Waals surface area contributed by atoms with Crippen molar-refractivity contribution in [2.24, 2.45) is 5.16 Å². The SMILES string of the molecule is Cc1cc(C)c(S(=O)(=O)N[C@@H](CNC(=O)C2=NOC(CCCCNc3ncc[nH]3)C2=O)C(=O)O)c(C)c1. The maximum atomic E-state index is 12.9. The molecule has 5 N–H and O–H groups in total. The van der Waals surface area contributed by atoms with E-state index in [0.29, 0.717) is 36.5 Å². The Morgan fingerprint density at radius 2 is 1.89 bits per heavy atom. The van der Waals surface area contributed by atoms with Gasteiger partial charge in [0, 0.05) is 25.5 Å². The molecule has 1 aromatic carbocycles. The van der Waals surface area contributed by atoms with Gasteiger partial charge in [-0.2, -0.15) is 4.72 Å². The van der Waals surface area contributed by atoms with Gasteiger partial charge >= 0.3 is 5.97 Å². The molecule has 0 saturated heterocycles. The van der Waals surface area contributed by atoms with Crippen molar-refractivity contribution in [2.75, 3.05) is 18.4 Å². The van der Waals surface area contributed by atoms with Gasteiger partial charge in [0.25, 0.3) is 5.91 Å². The van der Waals surface area contributed by atoms with E-state index in [9.17, 15) is 27.9 Å². The van der Waals surface area contributed by atoms with E-state index in [-0.39, 0.29) is 4.90 Å². The fourth-order valence-electron chi connectivity index (χ4n) is 4.02. The number of carboxylic acids is 1. The van der Waals surface area contributed by atoms with E-state index < -0.39 is 52.1 Å². The number of anilines is 1. The standard InChI is InChI=1S/C23H30N6O7S/c1-13-10-14(2)20(15(3)11-13)37(34,35)29-16(22(32)33)12-27-21(31)18-19(30)17(36-28-18)6-4-5-7-24-23-25-8-9-26-23/h8-11,16-17,29H,4-7,12H2,1-3H3,(H,27,31)(H,32,33)(H2,24,25,26)/t16-,17?/m0/s1. The zero-order valence-electron chi connectivity index (χ0n) is 20.7. The number of aryl methyl sites for hydroxylation is 3. The molecule has 200 valence electrons. The van der Waals surface area contributed by atoms with Gasteiger partial charge in [-0.1, -0.05) is 22.9 Å². The van der Waals surface area contributed by atoms with Gasteiger partial charge in [0.05, 0.1) is 4.90 Å². The number of sulfonamides is 1. The van der Waals surface area contributed by atoms with Gasteiger partial charge < -0.3 is 25.6 Å². The number of hydrogen-bond donors (Lipinski definition) is 5. The van der Waals surface area contributed by atoms with Gasteiger partial charge in [0.15, 0.2) is 12.1 Å². The summed E-state index contributed by atoms with van der Waals surface area (Å²) in [5, 5.41) is 18.4. The molecule has 2 heterocycles. The smallest absolute Gasteiger partial charge is 0.323 e. The number of aromatic amines is 1. The number of aliphatic carboxylic acids is 1. The molecule has 37 heavy (non-hydrogen) atoms. The van der Waals surface area contributed by atoms with Crippen molar-refractivity contribution < 1.29 is 32.7 Å². The lowest BCUT2D eigenvalue weighted by molar-refractivity contribution is -0.138. The lowest BCUT2D eigenvalue weighted by Crippen LogP contribution is -2.50. The number of ketones is 1. The van der Waals surface area contributed by atoms with Crippen LogP contribution in [0.2, 0.25) is 0 Å². The van der Waals surface area contributed by atoms with Gasteiger partial charge in [0.1, 0.15) is 6.04 Å². The summed E-state index contributed by atoms with van der Waals surface area (Å²) in [7, 11) is -4.21. The van der Waals surface area contributed by atoms with Gasteiger partial charge in [-0.05, 0) is 51.2 Å². The molecule has 0 saturated carbocycles. The van der Waals surface area contributed by atoms with Crippen molar-refractivity contribution in [1.82, 2.24) is 20.0 Å². The zero-order chi connectivity index (χ0) is 27.2. The van der Waals surface area contributed by atoms with E-state index in [0.717, 1.165) is 12.0 Å². The van der Waals surface area contributed by atoms with Crippen LogP contribution in [-0.4, -0.2) is 72.1 Å². The Morgan fingerprint density at radius 3 is 2.51 bits per heavy atom. The van der Waals surface area contributed by atoms with Gasteiger partial charge in [-0.25, -0.2) is 13.4 Å². The van der Waals surface area contributed by atoms with Gasteiger partial charge in [0.2, 0.25) is 21.5 Å². The first-order valence-corrected chi connectivity index (χ1v) is 13.1. The number of carbonyl (C=O) groups is 3. The summed E-state index contributed by atoms with van der Waals surface area (Å²) in [4.78, 5) is 48.7. The number of carboxylic acid groups (broad SMARTS) is 1. The fraction of sp³-hybridized carbons (Fsp3) is 0.435.